The van der Waals surface area contributed by atoms with E-state index in [-0.39, 0.29) is 5.91 Å². The highest BCUT2D eigenvalue weighted by Gasteiger charge is 2.09. The number of tetrazole rings is 1. The van der Waals surface area contributed by atoms with Gasteiger partial charge in [0, 0.05) is 16.6 Å². The molecule has 35 heavy (non-hydrogen) atoms. The second kappa shape index (κ2) is 10.6. The van der Waals surface area contributed by atoms with Crippen molar-refractivity contribution in [2.75, 3.05) is 11.9 Å². The minimum absolute atomic E-state index is 0.185. The lowest BCUT2D eigenvalue weighted by Gasteiger charge is -2.09. The number of aromatic amines is 1. The van der Waals surface area contributed by atoms with Gasteiger partial charge in [-0.1, -0.05) is 36.4 Å². The Morgan fingerprint density at radius 3 is 2.57 bits per heavy atom. The van der Waals surface area contributed by atoms with Crippen molar-refractivity contribution < 1.29 is 9.53 Å². The second-order valence-electron chi connectivity index (χ2n) is 8.11. The predicted octanol–water partition coefficient (Wildman–Crippen LogP) is 5.07. The Bertz CT molecular complexity index is 1400. The molecule has 0 saturated heterocycles. The number of benzene rings is 3. The Hall–Kier alpha value is -4.59. The molecule has 8 heteroatoms. The molecule has 2 aromatic heterocycles. The average molecular weight is 465 g/mol. The second-order valence-corrected chi connectivity index (χ2v) is 8.11. The van der Waals surface area contributed by atoms with Gasteiger partial charge in [-0.25, -0.2) is 4.98 Å². The van der Waals surface area contributed by atoms with E-state index in [1.54, 1.807) is 12.1 Å². The molecule has 0 aliphatic rings. The number of anilines is 1. The summed E-state index contributed by atoms with van der Waals surface area (Å²) >= 11 is 0. The van der Waals surface area contributed by atoms with Gasteiger partial charge in [0.2, 0.25) is 5.82 Å². The van der Waals surface area contributed by atoms with E-state index in [2.05, 4.69) is 55.2 Å². The molecule has 0 fully saturated rings. The van der Waals surface area contributed by atoms with Crippen LogP contribution in [0.15, 0.2) is 84.9 Å². The fourth-order valence-corrected chi connectivity index (χ4v) is 3.77. The number of nitrogens with zero attached hydrogens (tertiary/aromatic N) is 4. The summed E-state index contributed by atoms with van der Waals surface area (Å²) in [5.74, 6) is 1.01. The molecule has 174 valence electrons. The summed E-state index contributed by atoms with van der Waals surface area (Å²) in [5.41, 5.74) is 4.00. The topological polar surface area (TPSA) is 106 Å². The minimum Gasteiger partial charge on any atom is -0.494 e. The van der Waals surface area contributed by atoms with Gasteiger partial charge >= 0.3 is 0 Å². The zero-order chi connectivity index (χ0) is 23.9. The fourth-order valence-electron chi connectivity index (χ4n) is 3.77. The van der Waals surface area contributed by atoms with Gasteiger partial charge in [-0.15, -0.1) is 10.2 Å². The number of carbonyl (C=O) groups excluding carboxylic acids is 1. The van der Waals surface area contributed by atoms with E-state index in [1.165, 1.54) is 5.56 Å². The van der Waals surface area contributed by atoms with Crippen LogP contribution in [-0.4, -0.2) is 38.1 Å². The molecular formula is C27H24N6O2. The van der Waals surface area contributed by atoms with Crippen LogP contribution < -0.4 is 10.1 Å². The van der Waals surface area contributed by atoms with Crippen LogP contribution >= 0.6 is 0 Å². The lowest BCUT2D eigenvalue weighted by molar-refractivity contribution is 0.102. The van der Waals surface area contributed by atoms with E-state index < -0.39 is 0 Å². The van der Waals surface area contributed by atoms with Crippen molar-refractivity contribution in [2.24, 2.45) is 0 Å². The number of aromatic nitrogens is 5. The van der Waals surface area contributed by atoms with Crippen LogP contribution in [0.3, 0.4) is 0 Å². The Labute approximate surface area is 202 Å². The molecule has 2 heterocycles. The largest absolute Gasteiger partial charge is 0.494 e. The summed E-state index contributed by atoms with van der Waals surface area (Å²) in [6.07, 6.45) is 3.10. The molecule has 0 atom stereocenters. The Balaban J connectivity index is 1.13. The van der Waals surface area contributed by atoms with E-state index in [1.807, 2.05) is 48.5 Å². The van der Waals surface area contributed by atoms with E-state index in [9.17, 15) is 4.79 Å². The molecule has 3 aromatic carbocycles. The highest BCUT2D eigenvalue weighted by atomic mass is 16.5. The van der Waals surface area contributed by atoms with Crippen molar-refractivity contribution in [3.63, 3.8) is 0 Å². The highest BCUT2D eigenvalue weighted by Crippen LogP contribution is 2.22. The van der Waals surface area contributed by atoms with Crippen LogP contribution in [0, 0.1) is 0 Å². The van der Waals surface area contributed by atoms with Gasteiger partial charge in [0.05, 0.1) is 12.1 Å². The number of rotatable bonds is 9. The monoisotopic (exact) mass is 464 g/mol. The Morgan fingerprint density at radius 1 is 0.914 bits per heavy atom. The number of hydrogen-bond acceptors (Lipinski definition) is 6. The highest BCUT2D eigenvalue weighted by molar-refractivity contribution is 6.05. The van der Waals surface area contributed by atoms with Crippen LogP contribution in [-0.2, 0) is 6.42 Å². The van der Waals surface area contributed by atoms with Crippen LogP contribution in [0.2, 0.25) is 0 Å². The summed E-state index contributed by atoms with van der Waals surface area (Å²) in [7, 11) is 0. The van der Waals surface area contributed by atoms with E-state index in [4.69, 9.17) is 4.74 Å². The lowest BCUT2D eigenvalue weighted by atomic mass is 10.1. The molecule has 0 aliphatic heterocycles. The molecule has 0 spiro atoms. The molecule has 0 bridgehead atoms. The van der Waals surface area contributed by atoms with Gasteiger partial charge in [-0.05, 0) is 78.6 Å². The maximum atomic E-state index is 12.7. The van der Waals surface area contributed by atoms with E-state index in [0.717, 1.165) is 35.9 Å². The summed E-state index contributed by atoms with van der Waals surface area (Å²) in [6.45, 7) is 0.651. The SMILES string of the molecule is O=C(Nc1ccc2nc(-c3nn[nH]n3)ccc2c1)c1ccc(OCCCCc2ccccc2)cc1. The number of amides is 1. The molecule has 5 rings (SSSR count). The predicted molar refractivity (Wildman–Crippen MR) is 134 cm³/mol. The number of ether oxygens (including phenoxy) is 1. The molecule has 0 unspecified atom stereocenters. The normalized spacial score (nSPS) is 10.9. The number of carbonyl (C=O) groups is 1. The first-order chi connectivity index (χ1) is 17.2. The first-order valence-corrected chi connectivity index (χ1v) is 11.5. The first kappa shape index (κ1) is 22.2. The smallest absolute Gasteiger partial charge is 0.255 e. The number of fused-ring (bicyclic) bond motifs is 1. The van der Waals surface area contributed by atoms with Crippen LogP contribution in [0.1, 0.15) is 28.8 Å². The number of unbranched alkanes of at least 4 members (excludes halogenated alkanes) is 1. The molecule has 2 N–H and O–H groups in total. The molecule has 8 nitrogen and oxygen atoms in total. The zero-order valence-electron chi connectivity index (χ0n) is 19.0. The minimum atomic E-state index is -0.185. The van der Waals surface area contributed by atoms with Gasteiger partial charge < -0.3 is 10.1 Å². The quantitative estimate of drug-likeness (QED) is 0.295. The molecule has 1 amide bonds. The Morgan fingerprint density at radius 2 is 1.77 bits per heavy atom. The number of hydrogen-bond donors (Lipinski definition) is 2. The molecule has 0 saturated carbocycles. The van der Waals surface area contributed by atoms with E-state index >= 15 is 0 Å². The standard InChI is InChI=1S/C27H24N6O2/c34-27(20-9-13-23(14-10-20)35-17-5-4-8-19-6-2-1-3-7-19)28-22-12-16-24-21(18-22)11-15-25(29-24)26-30-32-33-31-26/h1-3,6-7,9-16,18H,4-5,8,17H2,(H,28,34)(H,30,31,32,33). The van der Waals surface area contributed by atoms with Gasteiger partial charge in [0.25, 0.3) is 5.91 Å². The van der Waals surface area contributed by atoms with Gasteiger partial charge in [-0.2, -0.15) is 5.21 Å². The molecule has 0 radical (unpaired) electrons. The van der Waals surface area contributed by atoms with Crippen molar-refractivity contribution >= 4 is 22.5 Å². The average Bonchev–Trinajstić information content (AvgIpc) is 3.44. The molecule has 5 aromatic rings. The van der Waals surface area contributed by atoms with Gasteiger partial charge in [0.1, 0.15) is 11.4 Å². The zero-order valence-corrected chi connectivity index (χ0v) is 19.0. The fraction of sp³-hybridized carbons (Fsp3) is 0.148. The lowest BCUT2D eigenvalue weighted by Crippen LogP contribution is -2.11. The van der Waals surface area contributed by atoms with Crippen molar-refractivity contribution in [1.82, 2.24) is 25.6 Å². The van der Waals surface area contributed by atoms with Gasteiger partial charge in [-0.3, -0.25) is 4.79 Å². The third-order valence-corrected chi connectivity index (χ3v) is 5.61. The van der Waals surface area contributed by atoms with E-state index in [0.29, 0.717) is 29.4 Å². The van der Waals surface area contributed by atoms with Crippen molar-refractivity contribution in [3.05, 3.63) is 96.1 Å². The maximum Gasteiger partial charge on any atom is 0.255 e. The van der Waals surface area contributed by atoms with Crippen molar-refractivity contribution in [2.45, 2.75) is 19.3 Å². The number of nitrogens with one attached hydrogen (secondary N) is 2. The van der Waals surface area contributed by atoms with Crippen LogP contribution in [0.4, 0.5) is 5.69 Å². The van der Waals surface area contributed by atoms with Crippen molar-refractivity contribution in [1.29, 1.82) is 0 Å². The number of aryl methyl sites for hydroxylation is 1. The molecule has 0 aliphatic carbocycles. The number of pyridine rings is 1. The summed E-state index contributed by atoms with van der Waals surface area (Å²) in [4.78, 5) is 17.3. The maximum absolute atomic E-state index is 12.7. The third-order valence-electron chi connectivity index (χ3n) is 5.61. The first-order valence-electron chi connectivity index (χ1n) is 11.5. The van der Waals surface area contributed by atoms with Crippen molar-refractivity contribution in [3.8, 4) is 17.3 Å². The van der Waals surface area contributed by atoms with Crippen LogP contribution in [0.5, 0.6) is 5.75 Å². The summed E-state index contributed by atoms with van der Waals surface area (Å²) in [6, 6.07) is 26.9. The molecular weight excluding hydrogens is 440 g/mol. The summed E-state index contributed by atoms with van der Waals surface area (Å²) in [5, 5.41) is 17.7. The number of H-pyrrole nitrogens is 1. The Kier molecular flexibility index (Phi) is 6.70. The summed E-state index contributed by atoms with van der Waals surface area (Å²) < 4.78 is 5.83. The third kappa shape index (κ3) is 5.67. The van der Waals surface area contributed by atoms with Gasteiger partial charge in [0.15, 0.2) is 0 Å². The van der Waals surface area contributed by atoms with Crippen LogP contribution in [0.25, 0.3) is 22.4 Å².